The molecule has 0 radical (unpaired) electrons. The Kier molecular flexibility index (Phi) is 4.96. The second kappa shape index (κ2) is 6.54. The largest absolute Gasteiger partial charge is 0.394 e. The molecule has 0 aliphatic carbocycles. The number of benzene rings is 1. The van der Waals surface area contributed by atoms with Crippen LogP contribution in [0.15, 0.2) is 18.2 Å². The lowest BCUT2D eigenvalue weighted by Crippen LogP contribution is -2.38. The minimum absolute atomic E-state index is 0.0950. The van der Waals surface area contributed by atoms with E-state index in [0.29, 0.717) is 28.2 Å². The van der Waals surface area contributed by atoms with E-state index in [1.807, 2.05) is 19.9 Å². The molecule has 0 fully saturated rings. The van der Waals surface area contributed by atoms with E-state index in [2.05, 4.69) is 5.32 Å². The van der Waals surface area contributed by atoms with Gasteiger partial charge in [0.25, 0.3) is 5.91 Å². The topological polar surface area (TPSA) is 49.3 Å². The molecule has 5 heteroatoms. The molecule has 2 aromatic rings. The quantitative estimate of drug-likeness (QED) is 0.888. The van der Waals surface area contributed by atoms with Crippen LogP contribution in [0.5, 0.6) is 0 Å². The van der Waals surface area contributed by atoms with Crippen molar-refractivity contribution in [3.63, 3.8) is 0 Å². The van der Waals surface area contributed by atoms with E-state index >= 15 is 0 Å². The fourth-order valence-corrected chi connectivity index (χ4v) is 3.60. The Morgan fingerprint density at radius 1 is 1.43 bits per heavy atom. The molecule has 1 heterocycles. The number of thiophene rings is 1. The number of halogens is 1. The van der Waals surface area contributed by atoms with Crippen molar-refractivity contribution in [2.75, 3.05) is 6.61 Å². The molecule has 0 aliphatic heterocycles. The van der Waals surface area contributed by atoms with Crippen molar-refractivity contribution in [1.82, 2.24) is 5.32 Å². The number of carbonyl (C=O) groups excluding carboxylic acids is 1. The molecular formula is C16H20FNO2S. The number of hydrogen-bond donors (Lipinski definition) is 2. The van der Waals surface area contributed by atoms with E-state index in [4.69, 9.17) is 0 Å². The van der Waals surface area contributed by atoms with Gasteiger partial charge in [0.1, 0.15) is 5.82 Å². The first-order valence-corrected chi connectivity index (χ1v) is 7.85. The molecule has 0 bridgehead atoms. The van der Waals surface area contributed by atoms with Crippen LogP contribution in [0, 0.1) is 18.7 Å². The molecule has 21 heavy (non-hydrogen) atoms. The summed E-state index contributed by atoms with van der Waals surface area (Å²) < 4.78 is 14.6. The Bertz CT molecular complexity index is 651. The Hall–Kier alpha value is -1.46. The number of aryl methyl sites for hydroxylation is 1. The monoisotopic (exact) mass is 309 g/mol. The van der Waals surface area contributed by atoms with E-state index in [1.54, 1.807) is 13.0 Å². The van der Waals surface area contributed by atoms with Gasteiger partial charge < -0.3 is 10.4 Å². The third-order valence-electron chi connectivity index (χ3n) is 3.42. The molecule has 1 aromatic carbocycles. The van der Waals surface area contributed by atoms with Gasteiger partial charge >= 0.3 is 0 Å². The standard InChI is InChI=1S/C16H20FNO2S/c1-9(2)7-11(8-19)18-16(20)15-10(3)14-12(17)5-4-6-13(14)21-15/h4-6,9,11,19H,7-8H2,1-3H3,(H,18,20). The summed E-state index contributed by atoms with van der Waals surface area (Å²) in [6, 6.07) is 4.58. The van der Waals surface area contributed by atoms with Crippen molar-refractivity contribution < 1.29 is 14.3 Å². The third-order valence-corrected chi connectivity index (χ3v) is 4.68. The van der Waals surface area contributed by atoms with Crippen LogP contribution >= 0.6 is 11.3 Å². The van der Waals surface area contributed by atoms with Gasteiger partial charge in [0.2, 0.25) is 0 Å². The highest BCUT2D eigenvalue weighted by atomic mass is 32.1. The summed E-state index contributed by atoms with van der Waals surface area (Å²) in [5.74, 6) is -0.169. The Labute approximate surface area is 127 Å². The number of aliphatic hydroxyl groups excluding tert-OH is 1. The predicted octanol–water partition coefficient (Wildman–Crippen LogP) is 3.49. The van der Waals surface area contributed by atoms with Crippen molar-refractivity contribution in [2.45, 2.75) is 33.2 Å². The van der Waals surface area contributed by atoms with Crippen LogP contribution < -0.4 is 5.32 Å². The Morgan fingerprint density at radius 3 is 2.71 bits per heavy atom. The molecule has 0 spiro atoms. The molecule has 1 unspecified atom stereocenters. The zero-order valence-electron chi connectivity index (χ0n) is 12.4. The third kappa shape index (κ3) is 3.41. The van der Waals surface area contributed by atoms with Crippen molar-refractivity contribution in [1.29, 1.82) is 0 Å². The molecule has 3 nitrogen and oxygen atoms in total. The lowest BCUT2D eigenvalue weighted by molar-refractivity contribution is 0.0912. The van der Waals surface area contributed by atoms with Crippen molar-refractivity contribution in [2.24, 2.45) is 5.92 Å². The summed E-state index contributed by atoms with van der Waals surface area (Å²) in [6.07, 6.45) is 0.709. The summed E-state index contributed by atoms with van der Waals surface area (Å²) in [5, 5.41) is 12.7. The van der Waals surface area contributed by atoms with Gasteiger partial charge in [-0.2, -0.15) is 0 Å². The maximum Gasteiger partial charge on any atom is 0.261 e. The molecule has 1 aromatic heterocycles. The first-order valence-electron chi connectivity index (χ1n) is 7.03. The molecule has 2 N–H and O–H groups in total. The first-order chi connectivity index (χ1) is 9.93. The molecule has 114 valence electrons. The number of hydrogen-bond acceptors (Lipinski definition) is 3. The first kappa shape index (κ1) is 15.9. The van der Waals surface area contributed by atoms with E-state index in [0.717, 1.165) is 4.70 Å². The second-order valence-corrected chi connectivity index (χ2v) is 6.70. The van der Waals surface area contributed by atoms with E-state index < -0.39 is 0 Å². The maximum absolute atomic E-state index is 13.9. The van der Waals surface area contributed by atoms with Crippen LogP contribution in [0.25, 0.3) is 10.1 Å². The average Bonchev–Trinajstić information content (AvgIpc) is 2.76. The van der Waals surface area contributed by atoms with Gasteiger partial charge in [-0.1, -0.05) is 19.9 Å². The fourth-order valence-electron chi connectivity index (χ4n) is 2.47. The maximum atomic E-state index is 13.9. The molecule has 0 saturated heterocycles. The van der Waals surface area contributed by atoms with E-state index in [9.17, 15) is 14.3 Å². The van der Waals surface area contributed by atoms with Gasteiger partial charge in [-0.15, -0.1) is 11.3 Å². The molecule has 0 saturated carbocycles. The highest BCUT2D eigenvalue weighted by Gasteiger charge is 2.20. The van der Waals surface area contributed by atoms with Crippen LogP contribution in [0.3, 0.4) is 0 Å². The number of fused-ring (bicyclic) bond motifs is 1. The van der Waals surface area contributed by atoms with Crippen molar-refractivity contribution >= 4 is 27.3 Å². The number of amides is 1. The summed E-state index contributed by atoms with van der Waals surface area (Å²) in [6.45, 7) is 5.74. The predicted molar refractivity (Wildman–Crippen MR) is 84.3 cm³/mol. The fraction of sp³-hybridized carbons (Fsp3) is 0.438. The van der Waals surface area contributed by atoms with Gasteiger partial charge in [-0.3, -0.25) is 4.79 Å². The SMILES string of the molecule is Cc1c(C(=O)NC(CO)CC(C)C)sc2cccc(F)c12. The van der Waals surface area contributed by atoms with Crippen LogP contribution in [0.1, 0.15) is 35.5 Å². The molecule has 2 rings (SSSR count). The molecular weight excluding hydrogens is 289 g/mol. The lowest BCUT2D eigenvalue weighted by Gasteiger charge is -2.18. The number of rotatable bonds is 5. The second-order valence-electron chi connectivity index (χ2n) is 5.65. The summed E-state index contributed by atoms with van der Waals surface area (Å²) >= 11 is 1.28. The van der Waals surface area contributed by atoms with Crippen LogP contribution in [-0.2, 0) is 0 Å². The zero-order valence-corrected chi connectivity index (χ0v) is 13.3. The van der Waals surface area contributed by atoms with Crippen molar-refractivity contribution in [3.8, 4) is 0 Å². The van der Waals surface area contributed by atoms with Crippen LogP contribution in [0.4, 0.5) is 4.39 Å². The summed E-state index contributed by atoms with van der Waals surface area (Å²) in [7, 11) is 0. The number of aliphatic hydroxyl groups is 1. The normalized spacial score (nSPS) is 12.9. The smallest absolute Gasteiger partial charge is 0.261 e. The molecule has 1 amide bonds. The minimum atomic E-state index is -0.304. The summed E-state index contributed by atoms with van der Waals surface area (Å²) in [4.78, 5) is 12.9. The van der Waals surface area contributed by atoms with Gasteiger partial charge in [-0.05, 0) is 37.0 Å². The van der Waals surface area contributed by atoms with E-state index in [1.165, 1.54) is 17.4 Å². The zero-order chi connectivity index (χ0) is 15.6. The lowest BCUT2D eigenvalue weighted by atomic mass is 10.0. The highest BCUT2D eigenvalue weighted by molar-refractivity contribution is 7.21. The molecule has 0 aliphatic rings. The Balaban J connectivity index is 2.27. The van der Waals surface area contributed by atoms with Crippen LogP contribution in [-0.4, -0.2) is 23.7 Å². The average molecular weight is 309 g/mol. The summed E-state index contributed by atoms with van der Waals surface area (Å²) in [5.41, 5.74) is 0.659. The number of nitrogens with one attached hydrogen (secondary N) is 1. The van der Waals surface area contributed by atoms with E-state index in [-0.39, 0.29) is 24.4 Å². The van der Waals surface area contributed by atoms with Gasteiger partial charge in [-0.25, -0.2) is 4.39 Å². The van der Waals surface area contributed by atoms with Crippen LogP contribution in [0.2, 0.25) is 0 Å². The molecule has 1 atom stereocenters. The minimum Gasteiger partial charge on any atom is -0.394 e. The van der Waals surface area contributed by atoms with Crippen molar-refractivity contribution in [3.05, 3.63) is 34.5 Å². The number of carbonyl (C=O) groups is 1. The van der Waals surface area contributed by atoms with Gasteiger partial charge in [0.15, 0.2) is 0 Å². The Morgan fingerprint density at radius 2 is 2.14 bits per heavy atom. The van der Waals surface area contributed by atoms with Gasteiger partial charge in [0.05, 0.1) is 17.5 Å². The van der Waals surface area contributed by atoms with Gasteiger partial charge in [0, 0.05) is 10.1 Å². The highest BCUT2D eigenvalue weighted by Crippen LogP contribution is 2.32.